The van der Waals surface area contributed by atoms with E-state index in [1.807, 2.05) is 31.2 Å². The highest BCUT2D eigenvalue weighted by atomic mass is 32.2. The molecule has 0 saturated heterocycles. The van der Waals surface area contributed by atoms with Gasteiger partial charge in [0.2, 0.25) is 10.0 Å². The second kappa shape index (κ2) is 6.94. The summed E-state index contributed by atoms with van der Waals surface area (Å²) in [6.45, 7) is 2.00. The molecule has 128 valence electrons. The van der Waals surface area contributed by atoms with E-state index in [-0.39, 0.29) is 12.5 Å². The van der Waals surface area contributed by atoms with Crippen LogP contribution in [-0.4, -0.2) is 34.8 Å². The number of nitrogens with zero attached hydrogens (tertiary/aromatic N) is 5. The third-order valence-corrected chi connectivity index (χ3v) is 4.72. The average Bonchev–Trinajstić information content (AvgIpc) is 2.60. The fourth-order valence-corrected chi connectivity index (χ4v) is 3.11. The number of benzene rings is 1. The van der Waals surface area contributed by atoms with E-state index in [9.17, 15) is 8.42 Å². The van der Waals surface area contributed by atoms with Crippen molar-refractivity contribution >= 4 is 16.0 Å². The quantitative estimate of drug-likeness (QED) is 0.697. The van der Waals surface area contributed by atoms with Crippen LogP contribution in [0.15, 0.2) is 54.9 Å². The summed E-state index contributed by atoms with van der Waals surface area (Å²) in [5.74, 6) is 0.0221. The van der Waals surface area contributed by atoms with Crippen molar-refractivity contribution in [3.05, 3.63) is 66.1 Å². The molecule has 1 aromatic carbocycles. The molecule has 0 saturated carbocycles. The first-order valence-corrected chi connectivity index (χ1v) is 9.43. The van der Waals surface area contributed by atoms with E-state index in [1.54, 1.807) is 24.4 Å². The molecule has 2 heterocycles. The van der Waals surface area contributed by atoms with Crippen molar-refractivity contribution in [2.45, 2.75) is 13.5 Å². The molecule has 0 bridgehead atoms. The van der Waals surface area contributed by atoms with Crippen LogP contribution in [0, 0.1) is 6.92 Å². The zero-order valence-electron chi connectivity index (χ0n) is 13.9. The van der Waals surface area contributed by atoms with Crippen LogP contribution < -0.4 is 4.31 Å². The van der Waals surface area contributed by atoms with Gasteiger partial charge in [-0.2, -0.15) is 5.10 Å². The van der Waals surface area contributed by atoms with E-state index in [0.29, 0.717) is 11.4 Å². The third-order valence-electron chi connectivity index (χ3n) is 3.62. The molecule has 0 unspecified atom stereocenters. The van der Waals surface area contributed by atoms with Crippen molar-refractivity contribution in [2.24, 2.45) is 0 Å². The van der Waals surface area contributed by atoms with Crippen molar-refractivity contribution in [2.75, 3.05) is 10.6 Å². The maximum absolute atomic E-state index is 12.2. The first-order chi connectivity index (χ1) is 11.9. The summed E-state index contributed by atoms with van der Waals surface area (Å²) in [5.41, 5.74) is 3.06. The van der Waals surface area contributed by atoms with Gasteiger partial charge in [0, 0.05) is 11.8 Å². The molecule has 3 rings (SSSR count). The van der Waals surface area contributed by atoms with Crippen molar-refractivity contribution in [3.63, 3.8) is 0 Å². The minimum absolute atomic E-state index is 0.0221. The highest BCUT2D eigenvalue weighted by molar-refractivity contribution is 7.92. The second-order valence-corrected chi connectivity index (χ2v) is 7.45. The molecule has 0 aliphatic rings. The zero-order valence-corrected chi connectivity index (χ0v) is 14.7. The van der Waals surface area contributed by atoms with Gasteiger partial charge >= 0.3 is 0 Å². The molecule has 0 amide bonds. The van der Waals surface area contributed by atoms with Crippen molar-refractivity contribution in [3.8, 4) is 11.3 Å². The number of sulfonamides is 1. The first-order valence-electron chi connectivity index (χ1n) is 7.58. The van der Waals surface area contributed by atoms with Crippen molar-refractivity contribution < 1.29 is 8.42 Å². The molecule has 0 aliphatic carbocycles. The molecule has 0 fully saturated rings. The lowest BCUT2D eigenvalue weighted by Gasteiger charge is -2.19. The Bertz CT molecular complexity index is 977. The van der Waals surface area contributed by atoms with E-state index >= 15 is 0 Å². The highest BCUT2D eigenvalue weighted by Gasteiger charge is 2.22. The summed E-state index contributed by atoms with van der Waals surface area (Å²) >= 11 is 0. The van der Waals surface area contributed by atoms with Crippen LogP contribution in [-0.2, 0) is 16.6 Å². The Kier molecular flexibility index (Phi) is 4.71. The van der Waals surface area contributed by atoms with Crippen molar-refractivity contribution in [1.82, 2.24) is 20.2 Å². The number of hydrogen-bond acceptors (Lipinski definition) is 6. The van der Waals surface area contributed by atoms with Crippen LogP contribution in [0.2, 0.25) is 0 Å². The minimum Gasteiger partial charge on any atom is -0.259 e. The fraction of sp³-hybridized carbons (Fsp3) is 0.176. The van der Waals surface area contributed by atoms with Gasteiger partial charge in [-0.25, -0.2) is 17.7 Å². The molecule has 0 spiro atoms. The maximum atomic E-state index is 12.2. The predicted octanol–water partition coefficient (Wildman–Crippen LogP) is 2.21. The van der Waals surface area contributed by atoms with E-state index in [4.69, 9.17) is 0 Å². The smallest absolute Gasteiger partial charge is 0.259 e. The summed E-state index contributed by atoms with van der Waals surface area (Å²) in [6.07, 6.45) is 4.24. The monoisotopic (exact) mass is 355 g/mol. The van der Waals surface area contributed by atoms with Gasteiger partial charge in [-0.05, 0) is 24.6 Å². The fourth-order valence-electron chi connectivity index (χ4n) is 2.36. The Balaban J connectivity index is 2.03. The van der Waals surface area contributed by atoms with E-state index in [2.05, 4.69) is 20.2 Å². The topological polar surface area (TPSA) is 88.9 Å². The van der Waals surface area contributed by atoms with Gasteiger partial charge in [0.15, 0.2) is 0 Å². The average molecular weight is 355 g/mol. The van der Waals surface area contributed by atoms with Crippen LogP contribution >= 0.6 is 0 Å². The normalized spacial score (nSPS) is 11.3. The minimum atomic E-state index is -3.60. The largest absolute Gasteiger partial charge is 0.259 e. The molecule has 7 nitrogen and oxygen atoms in total. The highest BCUT2D eigenvalue weighted by Crippen LogP contribution is 2.23. The molecule has 8 heteroatoms. The molecule has 0 N–H and O–H groups in total. The lowest BCUT2D eigenvalue weighted by atomic mass is 10.1. The lowest BCUT2D eigenvalue weighted by Crippen LogP contribution is -2.31. The van der Waals surface area contributed by atoms with E-state index < -0.39 is 10.0 Å². The molecular weight excluding hydrogens is 338 g/mol. The number of anilines is 1. The summed E-state index contributed by atoms with van der Waals surface area (Å²) in [5, 5.41) is 7.85. The van der Waals surface area contributed by atoms with Crippen molar-refractivity contribution in [1.29, 1.82) is 0 Å². The third kappa shape index (κ3) is 3.97. The van der Waals surface area contributed by atoms with Crippen LogP contribution in [0.5, 0.6) is 0 Å². The SMILES string of the molecule is Cc1ccccc1-c1cnnc(N(Cc2ccccn2)S(C)(=O)=O)n1. The molecule has 0 aliphatic heterocycles. The van der Waals surface area contributed by atoms with Crippen LogP contribution in [0.3, 0.4) is 0 Å². The summed E-state index contributed by atoms with van der Waals surface area (Å²) in [6, 6.07) is 13.0. The predicted molar refractivity (Wildman–Crippen MR) is 95.3 cm³/mol. The second-order valence-electron chi connectivity index (χ2n) is 5.55. The van der Waals surface area contributed by atoms with Crippen LogP contribution in [0.25, 0.3) is 11.3 Å². The number of aromatic nitrogens is 4. The number of pyridine rings is 1. The molecule has 0 radical (unpaired) electrons. The summed E-state index contributed by atoms with van der Waals surface area (Å²) < 4.78 is 25.6. The van der Waals surface area contributed by atoms with Gasteiger partial charge in [-0.15, -0.1) is 5.10 Å². The number of hydrogen-bond donors (Lipinski definition) is 0. The molecular formula is C17H17N5O2S. The molecule has 25 heavy (non-hydrogen) atoms. The zero-order chi connectivity index (χ0) is 17.9. The van der Waals surface area contributed by atoms with E-state index in [1.165, 1.54) is 6.20 Å². The van der Waals surface area contributed by atoms with Gasteiger partial charge in [-0.3, -0.25) is 4.98 Å². The Hall–Kier alpha value is -2.87. The van der Waals surface area contributed by atoms with Crippen LogP contribution in [0.4, 0.5) is 5.95 Å². The number of rotatable bonds is 5. The summed E-state index contributed by atoms with van der Waals surface area (Å²) in [4.78, 5) is 8.58. The maximum Gasteiger partial charge on any atom is 0.259 e. The Morgan fingerprint density at radius 3 is 2.52 bits per heavy atom. The van der Waals surface area contributed by atoms with Gasteiger partial charge in [0.25, 0.3) is 5.95 Å². The standard InChI is InChI=1S/C17H17N5O2S/c1-13-7-3-4-9-15(13)16-11-19-21-17(20-16)22(25(2,23)24)12-14-8-5-6-10-18-14/h3-11H,12H2,1-2H3. The van der Waals surface area contributed by atoms with Gasteiger partial charge in [0.05, 0.1) is 30.4 Å². The van der Waals surface area contributed by atoms with E-state index in [0.717, 1.165) is 21.7 Å². The Morgan fingerprint density at radius 1 is 1.08 bits per heavy atom. The molecule has 2 aromatic heterocycles. The summed E-state index contributed by atoms with van der Waals surface area (Å²) in [7, 11) is -3.60. The Morgan fingerprint density at radius 2 is 1.84 bits per heavy atom. The molecule has 0 atom stereocenters. The molecule has 3 aromatic rings. The van der Waals surface area contributed by atoms with Crippen LogP contribution in [0.1, 0.15) is 11.3 Å². The van der Waals surface area contributed by atoms with Gasteiger partial charge in [-0.1, -0.05) is 30.3 Å². The first kappa shape index (κ1) is 17.0. The number of aryl methyl sites for hydroxylation is 1. The van der Waals surface area contributed by atoms with Gasteiger partial charge < -0.3 is 0 Å². The Labute approximate surface area is 146 Å². The lowest BCUT2D eigenvalue weighted by molar-refractivity contribution is 0.594. The van der Waals surface area contributed by atoms with Gasteiger partial charge in [0.1, 0.15) is 0 Å².